The van der Waals surface area contributed by atoms with Gasteiger partial charge in [0.25, 0.3) is 0 Å². The Balaban J connectivity index is 1.73. The van der Waals surface area contributed by atoms with Gasteiger partial charge in [0.2, 0.25) is 0 Å². The first kappa shape index (κ1) is 13.2. The van der Waals surface area contributed by atoms with Crippen LogP contribution in [0.15, 0.2) is 48.8 Å². The first-order valence-electron chi connectivity index (χ1n) is 6.59. The Hall–Kier alpha value is -2.82. The third-order valence-corrected chi connectivity index (χ3v) is 3.10. The maximum Gasteiger partial charge on any atom is 0.338 e. The van der Waals surface area contributed by atoms with Crippen LogP contribution in [0.4, 0.5) is 5.69 Å². The van der Waals surface area contributed by atoms with Crippen molar-refractivity contribution in [2.24, 2.45) is 0 Å². The van der Waals surface area contributed by atoms with Gasteiger partial charge in [0, 0.05) is 18.1 Å². The van der Waals surface area contributed by atoms with Crippen molar-refractivity contribution in [2.75, 3.05) is 5.73 Å². The number of pyridine rings is 1. The molecule has 0 atom stereocenters. The lowest BCUT2D eigenvalue weighted by atomic mass is 10.1. The van der Waals surface area contributed by atoms with Crippen molar-refractivity contribution in [2.45, 2.75) is 13.5 Å². The number of fused-ring (bicyclic) bond motifs is 1. The van der Waals surface area contributed by atoms with Crippen LogP contribution in [-0.4, -0.2) is 15.4 Å². The molecule has 3 rings (SSSR count). The summed E-state index contributed by atoms with van der Waals surface area (Å²) >= 11 is 0. The third kappa shape index (κ3) is 2.86. The van der Waals surface area contributed by atoms with Crippen molar-refractivity contribution in [3.05, 3.63) is 65.6 Å². The molecule has 5 heteroatoms. The van der Waals surface area contributed by atoms with Crippen LogP contribution >= 0.6 is 0 Å². The second-order valence-corrected chi connectivity index (χ2v) is 4.91. The number of benzene rings is 1. The van der Waals surface area contributed by atoms with Gasteiger partial charge in [-0.15, -0.1) is 0 Å². The van der Waals surface area contributed by atoms with Crippen molar-refractivity contribution < 1.29 is 9.53 Å². The van der Waals surface area contributed by atoms with Crippen LogP contribution in [0, 0.1) is 6.92 Å². The molecule has 2 N–H and O–H groups in total. The number of aryl methyl sites for hydroxylation is 1. The maximum atomic E-state index is 12.0. The zero-order chi connectivity index (χ0) is 14.8. The zero-order valence-electron chi connectivity index (χ0n) is 11.6. The third-order valence-electron chi connectivity index (χ3n) is 3.10. The lowest BCUT2D eigenvalue weighted by Gasteiger charge is -2.05. The average molecular weight is 281 g/mol. The van der Waals surface area contributed by atoms with Crippen molar-refractivity contribution >= 4 is 17.3 Å². The van der Waals surface area contributed by atoms with Crippen LogP contribution in [0.3, 0.4) is 0 Å². The van der Waals surface area contributed by atoms with Gasteiger partial charge in [-0.2, -0.15) is 0 Å². The molecule has 106 valence electrons. The average Bonchev–Trinajstić information content (AvgIpc) is 2.86. The molecule has 1 aromatic carbocycles. The quantitative estimate of drug-likeness (QED) is 0.591. The fourth-order valence-electron chi connectivity index (χ4n) is 2.21. The fourth-order valence-corrected chi connectivity index (χ4v) is 2.21. The van der Waals surface area contributed by atoms with E-state index in [4.69, 9.17) is 10.5 Å². The van der Waals surface area contributed by atoms with Crippen molar-refractivity contribution in [3.8, 4) is 0 Å². The summed E-state index contributed by atoms with van der Waals surface area (Å²) in [5.74, 6) is -0.401. The molecule has 0 radical (unpaired) electrons. The molecule has 5 nitrogen and oxygen atoms in total. The molecule has 0 aliphatic rings. The van der Waals surface area contributed by atoms with Gasteiger partial charge in [0.05, 0.1) is 11.3 Å². The minimum atomic E-state index is -0.401. The molecule has 3 aromatic rings. The molecule has 21 heavy (non-hydrogen) atoms. The predicted molar refractivity (Wildman–Crippen MR) is 79.9 cm³/mol. The van der Waals surface area contributed by atoms with Crippen molar-refractivity contribution in [1.29, 1.82) is 0 Å². The highest BCUT2D eigenvalue weighted by atomic mass is 16.5. The summed E-state index contributed by atoms with van der Waals surface area (Å²) in [6.45, 7) is 2.02. The zero-order valence-corrected chi connectivity index (χ0v) is 11.6. The molecule has 2 heterocycles. The van der Waals surface area contributed by atoms with Crippen LogP contribution in [-0.2, 0) is 11.3 Å². The van der Waals surface area contributed by atoms with E-state index in [9.17, 15) is 4.79 Å². The number of hydrogen-bond donors (Lipinski definition) is 1. The van der Waals surface area contributed by atoms with E-state index in [-0.39, 0.29) is 6.61 Å². The van der Waals surface area contributed by atoms with Crippen LogP contribution < -0.4 is 5.73 Å². The van der Waals surface area contributed by atoms with E-state index in [2.05, 4.69) is 4.98 Å². The first-order chi connectivity index (χ1) is 10.1. The summed E-state index contributed by atoms with van der Waals surface area (Å²) in [7, 11) is 0. The minimum Gasteiger partial charge on any atom is -0.456 e. The number of rotatable bonds is 3. The topological polar surface area (TPSA) is 69.6 Å². The fraction of sp³-hybridized carbons (Fsp3) is 0.125. The lowest BCUT2D eigenvalue weighted by molar-refractivity contribution is 0.0468. The highest BCUT2D eigenvalue weighted by Gasteiger charge is 2.10. The first-order valence-corrected chi connectivity index (χ1v) is 6.59. The molecule has 0 fully saturated rings. The van der Waals surface area contributed by atoms with E-state index >= 15 is 0 Å². The van der Waals surface area contributed by atoms with E-state index in [1.165, 1.54) is 0 Å². The van der Waals surface area contributed by atoms with Gasteiger partial charge in [-0.1, -0.05) is 6.07 Å². The van der Waals surface area contributed by atoms with Gasteiger partial charge in [0.15, 0.2) is 0 Å². The highest BCUT2D eigenvalue weighted by molar-refractivity contribution is 5.90. The molecular formula is C16H15N3O2. The number of nitrogen functional groups attached to an aromatic ring is 1. The number of imidazole rings is 1. The summed E-state index contributed by atoms with van der Waals surface area (Å²) in [4.78, 5) is 16.4. The smallest absolute Gasteiger partial charge is 0.338 e. The SMILES string of the molecule is Cc1cc(N)cc(C(=O)OCc2cn3ccccc3n2)c1. The molecule has 0 unspecified atom stereocenters. The van der Waals surface area contributed by atoms with Gasteiger partial charge >= 0.3 is 5.97 Å². The lowest BCUT2D eigenvalue weighted by Crippen LogP contribution is -2.06. The number of aromatic nitrogens is 2. The molecule has 0 aliphatic carbocycles. The number of esters is 1. The molecule has 0 bridgehead atoms. The number of hydrogen-bond acceptors (Lipinski definition) is 4. The van der Waals surface area contributed by atoms with Gasteiger partial charge in [-0.3, -0.25) is 0 Å². The van der Waals surface area contributed by atoms with Crippen LogP contribution in [0.5, 0.6) is 0 Å². The summed E-state index contributed by atoms with van der Waals surface area (Å²) < 4.78 is 7.17. The molecule has 0 spiro atoms. The van der Waals surface area contributed by atoms with Gasteiger partial charge in [-0.05, 0) is 42.8 Å². The number of carbonyl (C=O) groups excluding carboxylic acids is 1. The largest absolute Gasteiger partial charge is 0.456 e. The Morgan fingerprint density at radius 1 is 1.33 bits per heavy atom. The monoisotopic (exact) mass is 281 g/mol. The summed E-state index contributed by atoms with van der Waals surface area (Å²) in [6.07, 6.45) is 3.74. The summed E-state index contributed by atoms with van der Waals surface area (Å²) in [5.41, 5.74) is 9.19. The van der Waals surface area contributed by atoms with Crippen LogP contribution in [0.1, 0.15) is 21.6 Å². The van der Waals surface area contributed by atoms with Gasteiger partial charge < -0.3 is 14.9 Å². The van der Waals surface area contributed by atoms with E-state index in [1.807, 2.05) is 41.9 Å². The second-order valence-electron chi connectivity index (χ2n) is 4.91. The van der Waals surface area contributed by atoms with Crippen LogP contribution in [0.2, 0.25) is 0 Å². The van der Waals surface area contributed by atoms with E-state index < -0.39 is 5.97 Å². The van der Waals surface area contributed by atoms with Crippen molar-refractivity contribution in [3.63, 3.8) is 0 Å². The molecule has 0 saturated heterocycles. The minimum absolute atomic E-state index is 0.133. The van der Waals surface area contributed by atoms with Crippen LogP contribution in [0.25, 0.3) is 5.65 Å². The maximum absolute atomic E-state index is 12.0. The normalized spacial score (nSPS) is 10.7. The van der Waals surface area contributed by atoms with E-state index in [0.29, 0.717) is 16.9 Å². The Morgan fingerprint density at radius 2 is 2.19 bits per heavy atom. The Kier molecular flexibility index (Phi) is 3.31. The number of ether oxygens (including phenoxy) is 1. The Morgan fingerprint density at radius 3 is 2.95 bits per heavy atom. The summed E-state index contributed by atoms with van der Waals surface area (Å²) in [5, 5.41) is 0. The molecular weight excluding hydrogens is 266 g/mol. The van der Waals surface area contributed by atoms with Crippen molar-refractivity contribution in [1.82, 2.24) is 9.38 Å². The molecule has 2 aromatic heterocycles. The van der Waals surface area contributed by atoms with Gasteiger partial charge in [0.1, 0.15) is 12.3 Å². The number of anilines is 1. The highest BCUT2D eigenvalue weighted by Crippen LogP contribution is 2.13. The summed E-state index contributed by atoms with van der Waals surface area (Å²) in [6, 6.07) is 10.9. The molecule has 0 saturated carbocycles. The Labute approximate surface area is 122 Å². The molecule has 0 amide bonds. The second kappa shape index (κ2) is 5.28. The number of nitrogens with two attached hydrogens (primary N) is 1. The van der Waals surface area contributed by atoms with E-state index in [1.54, 1.807) is 18.2 Å². The predicted octanol–water partition coefficient (Wildman–Crippen LogP) is 2.58. The molecule has 0 aliphatic heterocycles. The number of nitrogens with zero attached hydrogens (tertiary/aromatic N) is 2. The Bertz CT molecular complexity index is 755. The van der Waals surface area contributed by atoms with Gasteiger partial charge in [-0.25, -0.2) is 9.78 Å². The number of carbonyl (C=O) groups is 1. The standard InChI is InChI=1S/C16H15N3O2/c1-11-6-12(8-13(17)7-11)16(20)21-10-14-9-19-5-3-2-4-15(19)18-14/h2-9H,10,17H2,1H3. The van der Waals surface area contributed by atoms with E-state index in [0.717, 1.165) is 11.2 Å².